The normalized spacial score (nSPS) is 10.3. The number of hydrogen-bond acceptors (Lipinski definition) is 2. The quantitative estimate of drug-likeness (QED) is 0.906. The van der Waals surface area contributed by atoms with Crippen molar-refractivity contribution < 1.29 is 9.18 Å². The maximum atomic E-state index is 13.7. The lowest BCUT2D eigenvalue weighted by atomic mass is 10.1. The summed E-state index contributed by atoms with van der Waals surface area (Å²) in [6.07, 6.45) is 0. The molecule has 0 aromatic heterocycles. The van der Waals surface area contributed by atoms with E-state index in [1.165, 1.54) is 12.1 Å². The molecule has 1 amide bonds. The van der Waals surface area contributed by atoms with Crippen LogP contribution in [0.15, 0.2) is 46.9 Å². The zero-order valence-corrected chi connectivity index (χ0v) is 13.4. The second-order valence-electron chi connectivity index (χ2n) is 4.67. The molecular weight excluding hydrogens is 335 g/mol. The Morgan fingerprint density at radius 2 is 1.95 bits per heavy atom. The van der Waals surface area contributed by atoms with Crippen molar-refractivity contribution in [2.75, 3.05) is 19.4 Å². The van der Waals surface area contributed by atoms with Crippen molar-refractivity contribution in [3.8, 4) is 0 Å². The van der Waals surface area contributed by atoms with Gasteiger partial charge in [-0.3, -0.25) is 4.79 Å². The minimum Gasteiger partial charge on any atom is -0.385 e. The van der Waals surface area contributed by atoms with E-state index in [0.29, 0.717) is 12.1 Å². The summed E-state index contributed by atoms with van der Waals surface area (Å²) in [6.45, 7) is 0.444. The van der Waals surface area contributed by atoms with Crippen LogP contribution in [-0.2, 0) is 6.54 Å². The third-order valence-corrected chi connectivity index (χ3v) is 3.98. The maximum Gasteiger partial charge on any atom is 0.256 e. The minimum atomic E-state index is -0.433. The number of anilines is 1. The molecule has 2 rings (SSSR count). The molecule has 110 valence electrons. The van der Waals surface area contributed by atoms with Gasteiger partial charge in [-0.2, -0.15) is 0 Å². The molecule has 0 bridgehead atoms. The molecule has 0 unspecified atom stereocenters. The van der Waals surface area contributed by atoms with Crippen LogP contribution < -0.4 is 5.32 Å². The molecule has 1 N–H and O–H groups in total. The molecule has 0 saturated carbocycles. The highest BCUT2D eigenvalue weighted by atomic mass is 79.9. The van der Waals surface area contributed by atoms with E-state index in [4.69, 9.17) is 0 Å². The van der Waals surface area contributed by atoms with Gasteiger partial charge < -0.3 is 10.2 Å². The summed E-state index contributed by atoms with van der Waals surface area (Å²) in [5, 5.41) is 2.74. The van der Waals surface area contributed by atoms with Gasteiger partial charge in [0, 0.05) is 25.1 Å². The fraction of sp³-hybridized carbons (Fsp3) is 0.188. The fourth-order valence-electron chi connectivity index (χ4n) is 2.12. The van der Waals surface area contributed by atoms with Gasteiger partial charge in [-0.15, -0.1) is 0 Å². The Bertz CT molecular complexity index is 660. The smallest absolute Gasteiger partial charge is 0.256 e. The number of nitrogens with one attached hydrogen (secondary N) is 1. The van der Waals surface area contributed by atoms with Crippen LogP contribution in [0.2, 0.25) is 0 Å². The molecule has 0 fully saturated rings. The van der Waals surface area contributed by atoms with Gasteiger partial charge in [-0.05, 0) is 23.8 Å². The first kappa shape index (κ1) is 15.5. The lowest BCUT2D eigenvalue weighted by Crippen LogP contribution is -2.27. The molecule has 0 saturated heterocycles. The monoisotopic (exact) mass is 350 g/mol. The maximum absolute atomic E-state index is 13.7. The Morgan fingerprint density at radius 1 is 1.24 bits per heavy atom. The largest absolute Gasteiger partial charge is 0.385 e. The van der Waals surface area contributed by atoms with Gasteiger partial charge in [0.05, 0.1) is 11.3 Å². The van der Waals surface area contributed by atoms with E-state index in [0.717, 1.165) is 10.0 Å². The Labute approximate surface area is 131 Å². The molecule has 0 spiro atoms. The second-order valence-corrected chi connectivity index (χ2v) is 5.52. The van der Waals surface area contributed by atoms with E-state index in [1.54, 1.807) is 25.1 Å². The van der Waals surface area contributed by atoms with Gasteiger partial charge in [0.1, 0.15) is 5.82 Å². The molecule has 2 aromatic rings. The first-order chi connectivity index (χ1) is 10.0. The Morgan fingerprint density at radius 3 is 2.62 bits per heavy atom. The zero-order chi connectivity index (χ0) is 15.4. The van der Waals surface area contributed by atoms with Crippen LogP contribution >= 0.6 is 15.9 Å². The topological polar surface area (TPSA) is 32.3 Å². The van der Waals surface area contributed by atoms with Crippen molar-refractivity contribution in [1.29, 1.82) is 0 Å². The predicted octanol–water partition coefficient (Wildman–Crippen LogP) is 3.90. The van der Waals surface area contributed by atoms with Gasteiger partial charge in [-0.25, -0.2) is 4.39 Å². The SMILES string of the molecule is CNc1c(F)cccc1C(=O)N(C)Cc1ccccc1Br. The molecule has 0 aliphatic rings. The number of rotatable bonds is 4. The van der Waals surface area contributed by atoms with E-state index in [-0.39, 0.29) is 11.6 Å². The van der Waals surface area contributed by atoms with Crippen LogP contribution in [0, 0.1) is 5.82 Å². The lowest BCUT2D eigenvalue weighted by molar-refractivity contribution is 0.0785. The number of carbonyl (C=O) groups excluding carboxylic acids is 1. The Balaban J connectivity index is 2.24. The van der Waals surface area contributed by atoms with Crippen LogP contribution in [0.3, 0.4) is 0 Å². The predicted molar refractivity (Wildman–Crippen MR) is 85.9 cm³/mol. The van der Waals surface area contributed by atoms with Gasteiger partial charge in [0.25, 0.3) is 5.91 Å². The molecule has 0 atom stereocenters. The zero-order valence-electron chi connectivity index (χ0n) is 11.9. The molecule has 2 aromatic carbocycles. The van der Waals surface area contributed by atoms with Gasteiger partial charge >= 0.3 is 0 Å². The van der Waals surface area contributed by atoms with E-state index in [9.17, 15) is 9.18 Å². The van der Waals surface area contributed by atoms with Gasteiger partial charge in [-0.1, -0.05) is 40.2 Å². The van der Waals surface area contributed by atoms with Crippen LogP contribution in [0.1, 0.15) is 15.9 Å². The third-order valence-electron chi connectivity index (χ3n) is 3.21. The number of amides is 1. The summed E-state index contributed by atoms with van der Waals surface area (Å²) in [5.41, 5.74) is 1.55. The Kier molecular flexibility index (Phi) is 4.96. The fourth-order valence-corrected chi connectivity index (χ4v) is 2.53. The first-order valence-electron chi connectivity index (χ1n) is 6.49. The molecule has 21 heavy (non-hydrogen) atoms. The minimum absolute atomic E-state index is 0.224. The number of benzene rings is 2. The van der Waals surface area contributed by atoms with Crippen molar-refractivity contribution in [3.05, 3.63) is 63.9 Å². The number of para-hydroxylation sites is 1. The molecule has 0 aliphatic carbocycles. The van der Waals surface area contributed by atoms with Crippen molar-refractivity contribution >= 4 is 27.5 Å². The first-order valence-corrected chi connectivity index (χ1v) is 7.29. The molecule has 5 heteroatoms. The Hall–Kier alpha value is -1.88. The second kappa shape index (κ2) is 6.72. The highest BCUT2D eigenvalue weighted by molar-refractivity contribution is 9.10. The summed E-state index contributed by atoms with van der Waals surface area (Å²) in [7, 11) is 3.30. The van der Waals surface area contributed by atoms with Gasteiger partial charge in [0.15, 0.2) is 0 Å². The highest BCUT2D eigenvalue weighted by Crippen LogP contribution is 2.22. The molecular formula is C16H16BrFN2O. The molecule has 0 aliphatic heterocycles. The van der Waals surface area contributed by atoms with Crippen LogP contribution in [0.25, 0.3) is 0 Å². The van der Waals surface area contributed by atoms with Crippen LogP contribution in [0.4, 0.5) is 10.1 Å². The average molecular weight is 351 g/mol. The standard InChI is InChI=1S/C16H16BrFN2O/c1-19-15-12(7-5-9-14(15)18)16(21)20(2)10-11-6-3-4-8-13(11)17/h3-9,19H,10H2,1-2H3. The summed E-state index contributed by atoms with van der Waals surface area (Å²) in [5.74, 6) is -0.660. The van der Waals surface area contributed by atoms with Crippen molar-refractivity contribution in [1.82, 2.24) is 4.90 Å². The van der Waals surface area contributed by atoms with E-state index >= 15 is 0 Å². The van der Waals surface area contributed by atoms with Gasteiger partial charge in [0.2, 0.25) is 0 Å². The molecule has 0 radical (unpaired) electrons. The summed E-state index contributed by atoms with van der Waals surface area (Å²) < 4.78 is 14.7. The molecule has 0 heterocycles. The van der Waals surface area contributed by atoms with Crippen molar-refractivity contribution in [2.24, 2.45) is 0 Å². The number of hydrogen-bond donors (Lipinski definition) is 1. The number of nitrogens with zero attached hydrogens (tertiary/aromatic N) is 1. The van der Waals surface area contributed by atoms with E-state index in [2.05, 4.69) is 21.2 Å². The summed E-state index contributed by atoms with van der Waals surface area (Å²) >= 11 is 3.46. The summed E-state index contributed by atoms with van der Waals surface area (Å²) in [4.78, 5) is 14.1. The summed E-state index contributed by atoms with van der Waals surface area (Å²) in [6, 6.07) is 12.2. The number of carbonyl (C=O) groups is 1. The lowest BCUT2D eigenvalue weighted by Gasteiger charge is -2.20. The van der Waals surface area contributed by atoms with Crippen molar-refractivity contribution in [3.63, 3.8) is 0 Å². The molecule has 3 nitrogen and oxygen atoms in total. The van der Waals surface area contributed by atoms with E-state index < -0.39 is 5.82 Å². The number of halogens is 2. The van der Waals surface area contributed by atoms with Crippen LogP contribution in [0.5, 0.6) is 0 Å². The van der Waals surface area contributed by atoms with Crippen molar-refractivity contribution in [2.45, 2.75) is 6.54 Å². The third kappa shape index (κ3) is 3.42. The average Bonchev–Trinajstić information content (AvgIpc) is 2.48. The van der Waals surface area contributed by atoms with E-state index in [1.807, 2.05) is 24.3 Å². The highest BCUT2D eigenvalue weighted by Gasteiger charge is 2.18. The van der Waals surface area contributed by atoms with Crippen LogP contribution in [-0.4, -0.2) is 24.9 Å².